The van der Waals surface area contributed by atoms with E-state index in [2.05, 4.69) is 17.4 Å². The summed E-state index contributed by atoms with van der Waals surface area (Å²) in [6, 6.07) is 2.52. The minimum absolute atomic E-state index is 0.0742. The van der Waals surface area contributed by atoms with Gasteiger partial charge in [0, 0.05) is 5.56 Å². The zero-order chi connectivity index (χ0) is 11.4. The van der Waals surface area contributed by atoms with E-state index in [1.807, 2.05) is 0 Å². The van der Waals surface area contributed by atoms with Crippen molar-refractivity contribution in [3.63, 3.8) is 0 Å². The Morgan fingerprint density at radius 1 is 1.20 bits per heavy atom. The predicted molar refractivity (Wildman–Crippen MR) is 51.1 cm³/mol. The molecule has 0 spiro atoms. The summed E-state index contributed by atoms with van der Waals surface area (Å²) < 4.78 is 28.1. The number of halogens is 2. The lowest BCUT2D eigenvalue weighted by molar-refractivity contribution is -0.0519. The molecule has 0 fully saturated rings. The first kappa shape index (κ1) is 11.6. The van der Waals surface area contributed by atoms with Crippen molar-refractivity contribution in [1.29, 1.82) is 0 Å². The van der Waals surface area contributed by atoms with Gasteiger partial charge in [-0.25, -0.2) is 0 Å². The Kier molecular flexibility index (Phi) is 3.79. The number of alkyl halides is 2. The number of hydrogen-bond donors (Lipinski definition) is 1. The lowest BCUT2D eigenvalue weighted by atomic mass is 10.1. The lowest BCUT2D eigenvalue weighted by Crippen LogP contribution is -2.06. The maximum Gasteiger partial charge on any atom is 0.387 e. The van der Waals surface area contributed by atoms with Crippen molar-refractivity contribution in [3.8, 4) is 5.75 Å². The summed E-state index contributed by atoms with van der Waals surface area (Å²) in [5.74, 6) is -0.382. The quantitative estimate of drug-likeness (QED) is 0.639. The first-order valence-electron chi connectivity index (χ1n) is 3.81. The van der Waals surface area contributed by atoms with Gasteiger partial charge in [-0.2, -0.15) is 8.78 Å². The number of rotatable bonds is 4. The maximum absolute atomic E-state index is 12.0. The number of benzene rings is 1. The molecule has 6 heteroatoms. The number of hydrogen-bond acceptors (Lipinski definition) is 4. The zero-order valence-corrected chi connectivity index (χ0v) is 8.21. The third-order valence-corrected chi connectivity index (χ3v) is 2.12. The minimum Gasteiger partial charge on any atom is -0.433 e. The molecule has 0 aliphatic rings. The third-order valence-electron chi connectivity index (χ3n) is 1.65. The lowest BCUT2D eigenvalue weighted by Gasteiger charge is -2.10. The van der Waals surface area contributed by atoms with E-state index in [1.165, 1.54) is 12.1 Å². The molecular formula is C9H6F2O3S. The standard InChI is InChI=1S/C9H6F2O3S/c10-9(11)14-7-5(3-12)1-2-6(4-13)8(7)15/h1-4,9,15H. The van der Waals surface area contributed by atoms with E-state index >= 15 is 0 Å². The van der Waals surface area contributed by atoms with E-state index in [1.54, 1.807) is 0 Å². The summed E-state index contributed by atoms with van der Waals surface area (Å²) in [6.45, 7) is -3.07. The normalized spacial score (nSPS) is 10.1. The third kappa shape index (κ3) is 2.53. The van der Waals surface area contributed by atoms with Crippen molar-refractivity contribution in [1.82, 2.24) is 0 Å². The molecule has 0 heterocycles. The molecule has 0 saturated heterocycles. The summed E-state index contributed by atoms with van der Waals surface area (Å²) in [5, 5.41) is 0. The predicted octanol–water partition coefficient (Wildman–Crippen LogP) is 2.20. The first-order chi connectivity index (χ1) is 7.10. The highest BCUT2D eigenvalue weighted by atomic mass is 32.1. The molecule has 1 aromatic rings. The van der Waals surface area contributed by atoms with Gasteiger partial charge in [0.05, 0.1) is 10.5 Å². The highest BCUT2D eigenvalue weighted by Gasteiger charge is 2.15. The van der Waals surface area contributed by atoms with Crippen molar-refractivity contribution in [2.75, 3.05) is 0 Å². The Hall–Kier alpha value is -1.43. The fourth-order valence-corrected chi connectivity index (χ4v) is 1.31. The van der Waals surface area contributed by atoms with Crippen molar-refractivity contribution in [2.45, 2.75) is 11.5 Å². The molecule has 0 bridgehead atoms. The molecule has 15 heavy (non-hydrogen) atoms. The molecule has 0 amide bonds. The van der Waals surface area contributed by atoms with Gasteiger partial charge in [-0.3, -0.25) is 9.59 Å². The van der Waals surface area contributed by atoms with Gasteiger partial charge in [0.2, 0.25) is 0 Å². The number of aldehydes is 2. The Morgan fingerprint density at radius 2 is 1.73 bits per heavy atom. The molecule has 0 atom stereocenters. The SMILES string of the molecule is O=Cc1ccc(C=O)c(OC(F)F)c1S. The Bertz CT molecular complexity index is 393. The summed E-state index contributed by atoms with van der Waals surface area (Å²) in [5.41, 5.74) is 0.00508. The molecule has 0 aliphatic heterocycles. The summed E-state index contributed by atoms with van der Waals surface area (Å²) in [4.78, 5) is 20.9. The Balaban J connectivity index is 3.28. The zero-order valence-electron chi connectivity index (χ0n) is 7.31. The number of carbonyl (C=O) groups excluding carboxylic acids is 2. The highest BCUT2D eigenvalue weighted by Crippen LogP contribution is 2.30. The van der Waals surface area contributed by atoms with Gasteiger partial charge in [0.1, 0.15) is 0 Å². The van der Waals surface area contributed by atoms with Gasteiger partial charge in [-0.1, -0.05) is 0 Å². The monoisotopic (exact) mass is 232 g/mol. The topological polar surface area (TPSA) is 43.4 Å². The van der Waals surface area contributed by atoms with Crippen LogP contribution in [0.5, 0.6) is 5.75 Å². The number of ether oxygens (including phenoxy) is 1. The molecule has 0 aromatic heterocycles. The second-order valence-electron chi connectivity index (χ2n) is 2.54. The second kappa shape index (κ2) is 4.88. The van der Waals surface area contributed by atoms with E-state index in [0.29, 0.717) is 12.6 Å². The number of carbonyl (C=O) groups is 2. The Labute approximate surface area is 89.4 Å². The van der Waals surface area contributed by atoms with Gasteiger partial charge in [-0.05, 0) is 12.1 Å². The van der Waals surface area contributed by atoms with Crippen LogP contribution in [0.2, 0.25) is 0 Å². The fourth-order valence-electron chi connectivity index (χ4n) is 1.00. The molecule has 80 valence electrons. The van der Waals surface area contributed by atoms with Gasteiger partial charge >= 0.3 is 6.61 Å². The molecule has 1 rings (SSSR count). The van der Waals surface area contributed by atoms with E-state index in [4.69, 9.17) is 0 Å². The summed E-state index contributed by atoms with van der Waals surface area (Å²) in [7, 11) is 0. The molecule has 0 aliphatic carbocycles. The van der Waals surface area contributed by atoms with E-state index < -0.39 is 6.61 Å². The average molecular weight is 232 g/mol. The molecule has 0 radical (unpaired) electrons. The van der Waals surface area contributed by atoms with Crippen LogP contribution in [-0.2, 0) is 0 Å². The minimum atomic E-state index is -3.07. The van der Waals surface area contributed by atoms with Crippen molar-refractivity contribution >= 4 is 25.2 Å². The average Bonchev–Trinajstić information content (AvgIpc) is 2.20. The van der Waals surface area contributed by atoms with Crippen LogP contribution in [0.15, 0.2) is 17.0 Å². The Morgan fingerprint density at radius 3 is 2.20 bits per heavy atom. The van der Waals surface area contributed by atoms with E-state index in [9.17, 15) is 18.4 Å². The number of thiol groups is 1. The highest BCUT2D eigenvalue weighted by molar-refractivity contribution is 7.80. The van der Waals surface area contributed by atoms with Crippen LogP contribution in [0.4, 0.5) is 8.78 Å². The first-order valence-corrected chi connectivity index (χ1v) is 4.26. The van der Waals surface area contributed by atoms with Crippen molar-refractivity contribution < 1.29 is 23.1 Å². The summed E-state index contributed by atoms with van der Waals surface area (Å²) in [6.07, 6.45) is 0.793. The van der Waals surface area contributed by atoms with Gasteiger partial charge in [0.15, 0.2) is 18.3 Å². The van der Waals surface area contributed by atoms with Crippen LogP contribution in [0.25, 0.3) is 0 Å². The summed E-state index contributed by atoms with van der Waals surface area (Å²) >= 11 is 3.84. The van der Waals surface area contributed by atoms with Gasteiger partial charge in [-0.15, -0.1) is 12.6 Å². The molecule has 3 nitrogen and oxygen atoms in total. The van der Waals surface area contributed by atoms with E-state index in [0.717, 1.165) is 0 Å². The van der Waals surface area contributed by atoms with Crippen LogP contribution < -0.4 is 4.74 Å². The molecule has 0 saturated carbocycles. The smallest absolute Gasteiger partial charge is 0.387 e. The van der Waals surface area contributed by atoms with Crippen LogP contribution in [0, 0.1) is 0 Å². The molecule has 0 unspecified atom stereocenters. The van der Waals surface area contributed by atoms with Gasteiger partial charge in [0.25, 0.3) is 0 Å². The van der Waals surface area contributed by atoms with E-state index in [-0.39, 0.29) is 21.8 Å². The second-order valence-corrected chi connectivity index (χ2v) is 2.98. The van der Waals surface area contributed by atoms with Crippen LogP contribution in [0.3, 0.4) is 0 Å². The van der Waals surface area contributed by atoms with Gasteiger partial charge < -0.3 is 4.74 Å². The van der Waals surface area contributed by atoms with Crippen molar-refractivity contribution in [3.05, 3.63) is 23.3 Å². The fraction of sp³-hybridized carbons (Fsp3) is 0.111. The molecular weight excluding hydrogens is 226 g/mol. The van der Waals surface area contributed by atoms with Crippen LogP contribution in [-0.4, -0.2) is 19.2 Å². The molecule has 1 aromatic carbocycles. The maximum atomic E-state index is 12.0. The largest absolute Gasteiger partial charge is 0.433 e. The van der Waals surface area contributed by atoms with Crippen LogP contribution >= 0.6 is 12.6 Å². The van der Waals surface area contributed by atoms with Crippen LogP contribution in [0.1, 0.15) is 20.7 Å². The van der Waals surface area contributed by atoms with Crippen molar-refractivity contribution in [2.24, 2.45) is 0 Å². The molecule has 0 N–H and O–H groups in total.